The van der Waals surface area contributed by atoms with Gasteiger partial charge in [-0.3, -0.25) is 4.79 Å². The minimum absolute atomic E-state index is 0.0835. The number of ketones is 1. The second-order valence-electron chi connectivity index (χ2n) is 6.85. The number of rotatable bonds is 9. The lowest BCUT2D eigenvalue weighted by molar-refractivity contribution is -0.122. The molecule has 0 N–H and O–H groups in total. The Morgan fingerprint density at radius 1 is 0.786 bits per heavy atom. The molecule has 0 amide bonds. The van der Waals surface area contributed by atoms with Crippen LogP contribution >= 0.6 is 0 Å². The molecule has 28 heavy (non-hydrogen) atoms. The van der Waals surface area contributed by atoms with E-state index < -0.39 is 5.60 Å². The van der Waals surface area contributed by atoms with E-state index in [4.69, 9.17) is 9.47 Å². The van der Waals surface area contributed by atoms with Crippen molar-refractivity contribution >= 4 is 5.78 Å². The van der Waals surface area contributed by atoms with Crippen molar-refractivity contribution in [2.75, 3.05) is 13.7 Å². The topological polar surface area (TPSA) is 35.5 Å². The van der Waals surface area contributed by atoms with Gasteiger partial charge in [-0.1, -0.05) is 91.0 Å². The van der Waals surface area contributed by atoms with Crippen molar-refractivity contribution in [3.05, 3.63) is 108 Å². The smallest absolute Gasteiger partial charge is 0.143 e. The van der Waals surface area contributed by atoms with Crippen LogP contribution in [0.5, 0.6) is 0 Å². The maximum atomic E-state index is 11.6. The Morgan fingerprint density at radius 3 is 1.50 bits per heavy atom. The van der Waals surface area contributed by atoms with E-state index >= 15 is 0 Å². The van der Waals surface area contributed by atoms with E-state index in [9.17, 15) is 4.79 Å². The average molecular weight is 374 g/mol. The molecular weight excluding hydrogens is 348 g/mol. The van der Waals surface area contributed by atoms with Gasteiger partial charge in [-0.05, 0) is 23.6 Å². The second kappa shape index (κ2) is 9.45. The second-order valence-corrected chi connectivity index (χ2v) is 6.85. The first-order valence-corrected chi connectivity index (χ1v) is 9.49. The number of ether oxygens (including phenoxy) is 2. The highest BCUT2D eigenvalue weighted by Crippen LogP contribution is 2.40. The lowest BCUT2D eigenvalue weighted by atomic mass is 9.80. The molecule has 3 rings (SSSR count). The van der Waals surface area contributed by atoms with Crippen LogP contribution in [0, 0.1) is 0 Å². The summed E-state index contributed by atoms with van der Waals surface area (Å²) < 4.78 is 12.2. The molecule has 0 aliphatic rings. The first-order chi connectivity index (χ1) is 13.7. The number of methoxy groups -OCH3 is 1. The summed E-state index contributed by atoms with van der Waals surface area (Å²) in [6, 6.07) is 30.6. The summed E-state index contributed by atoms with van der Waals surface area (Å²) in [4.78, 5) is 11.6. The van der Waals surface area contributed by atoms with Gasteiger partial charge < -0.3 is 9.47 Å². The zero-order valence-electron chi connectivity index (χ0n) is 16.4. The molecule has 1 atom stereocenters. The van der Waals surface area contributed by atoms with Gasteiger partial charge in [0.25, 0.3) is 0 Å². The summed E-state index contributed by atoms with van der Waals surface area (Å²) >= 11 is 0. The third-order valence-electron chi connectivity index (χ3n) is 4.88. The normalized spacial score (nSPS) is 12.5. The van der Waals surface area contributed by atoms with Gasteiger partial charge >= 0.3 is 0 Å². The van der Waals surface area contributed by atoms with Crippen molar-refractivity contribution in [3.8, 4) is 0 Å². The highest BCUT2D eigenvalue weighted by atomic mass is 16.5. The minimum Gasteiger partial charge on any atom is -0.379 e. The maximum absolute atomic E-state index is 11.6. The Kier molecular flexibility index (Phi) is 6.75. The van der Waals surface area contributed by atoms with Crippen LogP contribution in [-0.4, -0.2) is 25.6 Å². The molecule has 3 nitrogen and oxygen atoms in total. The fraction of sp³-hybridized carbons (Fsp3) is 0.240. The number of Topliss-reactive ketones (excluding diaryl/α,β-unsaturated/α-hetero) is 1. The predicted octanol–water partition coefficient (Wildman–Crippen LogP) is 4.99. The molecule has 0 radical (unpaired) electrons. The number of carbonyl (C=O) groups excluding carboxylic acids is 1. The number of carbonyl (C=O) groups is 1. The zero-order chi connectivity index (χ0) is 19.8. The van der Waals surface area contributed by atoms with Gasteiger partial charge in [-0.25, -0.2) is 0 Å². The first kappa shape index (κ1) is 20.0. The number of hydrogen-bond donors (Lipinski definition) is 0. The van der Waals surface area contributed by atoms with Crippen LogP contribution in [0.25, 0.3) is 0 Å². The van der Waals surface area contributed by atoms with Crippen molar-refractivity contribution in [3.63, 3.8) is 0 Å². The Morgan fingerprint density at radius 2 is 1.18 bits per heavy atom. The van der Waals surface area contributed by atoms with Crippen molar-refractivity contribution in [1.29, 1.82) is 0 Å². The fourth-order valence-corrected chi connectivity index (χ4v) is 3.52. The van der Waals surface area contributed by atoms with Gasteiger partial charge in [0.1, 0.15) is 11.4 Å². The number of benzene rings is 3. The van der Waals surface area contributed by atoms with E-state index in [-0.39, 0.29) is 11.9 Å². The highest BCUT2D eigenvalue weighted by Gasteiger charge is 2.38. The molecule has 0 aliphatic carbocycles. The third-order valence-corrected chi connectivity index (χ3v) is 4.88. The van der Waals surface area contributed by atoms with E-state index in [0.717, 1.165) is 16.7 Å². The van der Waals surface area contributed by atoms with E-state index in [1.54, 1.807) is 14.0 Å². The first-order valence-electron chi connectivity index (χ1n) is 9.49. The average Bonchev–Trinajstić information content (AvgIpc) is 2.75. The lowest BCUT2D eigenvalue weighted by Gasteiger charge is -2.37. The fourth-order valence-electron chi connectivity index (χ4n) is 3.52. The SMILES string of the molecule is CO[C@H](COC(c1ccccc1)(c1ccccc1)c1ccccc1)CC(C)=O. The Bertz CT molecular complexity index is 763. The summed E-state index contributed by atoms with van der Waals surface area (Å²) in [5, 5.41) is 0. The molecule has 3 heteroatoms. The molecule has 144 valence electrons. The monoisotopic (exact) mass is 374 g/mol. The van der Waals surface area contributed by atoms with E-state index in [0.29, 0.717) is 13.0 Å². The van der Waals surface area contributed by atoms with E-state index in [1.807, 2.05) is 54.6 Å². The summed E-state index contributed by atoms with van der Waals surface area (Å²) in [5.74, 6) is 0.0835. The zero-order valence-corrected chi connectivity index (χ0v) is 16.4. The van der Waals surface area contributed by atoms with Gasteiger partial charge in [-0.15, -0.1) is 0 Å². The Hall–Kier alpha value is -2.75. The minimum atomic E-state index is -0.794. The van der Waals surface area contributed by atoms with Crippen molar-refractivity contribution in [2.24, 2.45) is 0 Å². The van der Waals surface area contributed by atoms with Crippen LogP contribution in [0.2, 0.25) is 0 Å². The van der Waals surface area contributed by atoms with Gasteiger partial charge in [-0.2, -0.15) is 0 Å². The van der Waals surface area contributed by atoms with Crippen molar-refractivity contribution in [1.82, 2.24) is 0 Å². The van der Waals surface area contributed by atoms with Crippen LogP contribution in [-0.2, 0) is 19.9 Å². The van der Waals surface area contributed by atoms with E-state index in [1.165, 1.54) is 0 Å². The molecular formula is C25H26O3. The van der Waals surface area contributed by atoms with E-state index in [2.05, 4.69) is 36.4 Å². The highest BCUT2D eigenvalue weighted by molar-refractivity contribution is 5.76. The molecule has 0 saturated carbocycles. The van der Waals surface area contributed by atoms with Gasteiger partial charge in [0.15, 0.2) is 0 Å². The summed E-state index contributed by atoms with van der Waals surface area (Å²) in [6.07, 6.45) is 0.0262. The quantitative estimate of drug-likeness (QED) is 0.495. The van der Waals surface area contributed by atoms with Crippen LogP contribution in [0.1, 0.15) is 30.0 Å². The molecule has 0 saturated heterocycles. The molecule has 0 unspecified atom stereocenters. The van der Waals surface area contributed by atoms with Crippen molar-refractivity contribution < 1.29 is 14.3 Å². The Labute approximate surface area is 166 Å². The van der Waals surface area contributed by atoms with Crippen LogP contribution in [0.15, 0.2) is 91.0 Å². The van der Waals surface area contributed by atoms with Gasteiger partial charge in [0, 0.05) is 13.5 Å². The molecule has 3 aromatic rings. The van der Waals surface area contributed by atoms with Crippen molar-refractivity contribution in [2.45, 2.75) is 25.0 Å². The molecule has 0 bridgehead atoms. The molecule has 0 fully saturated rings. The lowest BCUT2D eigenvalue weighted by Crippen LogP contribution is -2.36. The molecule has 0 heterocycles. The van der Waals surface area contributed by atoms with Crippen LogP contribution < -0.4 is 0 Å². The summed E-state index contributed by atoms with van der Waals surface area (Å²) in [7, 11) is 1.62. The summed E-state index contributed by atoms with van der Waals surface area (Å²) in [5.41, 5.74) is 2.30. The third kappa shape index (κ3) is 4.38. The molecule has 0 aliphatic heterocycles. The van der Waals surface area contributed by atoms with Crippen LogP contribution in [0.3, 0.4) is 0 Å². The maximum Gasteiger partial charge on any atom is 0.143 e. The molecule has 0 aromatic heterocycles. The molecule has 0 spiro atoms. The van der Waals surface area contributed by atoms with Crippen LogP contribution in [0.4, 0.5) is 0 Å². The predicted molar refractivity (Wildman–Crippen MR) is 111 cm³/mol. The molecule has 3 aromatic carbocycles. The van der Waals surface area contributed by atoms with Gasteiger partial charge in [0.2, 0.25) is 0 Å². The largest absolute Gasteiger partial charge is 0.379 e. The standard InChI is InChI=1S/C25H26O3/c1-20(26)18-24(27-2)19-28-25(21-12-6-3-7-13-21,22-14-8-4-9-15-22)23-16-10-5-11-17-23/h3-17,24H,18-19H2,1-2H3/t24-/m0/s1. The van der Waals surface area contributed by atoms with Gasteiger partial charge in [0.05, 0.1) is 12.7 Å². The Balaban J connectivity index is 2.12. The number of hydrogen-bond acceptors (Lipinski definition) is 3. The summed E-state index contributed by atoms with van der Waals surface area (Å²) in [6.45, 7) is 1.87.